The lowest BCUT2D eigenvalue weighted by molar-refractivity contribution is 0.249. The highest BCUT2D eigenvalue weighted by molar-refractivity contribution is 5.31. The van der Waals surface area contributed by atoms with Crippen LogP contribution in [0.3, 0.4) is 0 Å². The SMILES string of the molecule is CCCCCc1ccc(CC[C@H]2CC[C@H](CCCCC)CC2)cc1C. The van der Waals surface area contributed by atoms with E-state index in [9.17, 15) is 0 Å². The Labute approximate surface area is 157 Å². The summed E-state index contributed by atoms with van der Waals surface area (Å²) >= 11 is 0. The van der Waals surface area contributed by atoms with Crippen molar-refractivity contribution in [2.45, 2.75) is 111 Å². The average molecular weight is 343 g/mol. The van der Waals surface area contributed by atoms with Gasteiger partial charge in [0.1, 0.15) is 0 Å². The van der Waals surface area contributed by atoms with Gasteiger partial charge in [-0.05, 0) is 61.1 Å². The number of rotatable bonds is 11. The van der Waals surface area contributed by atoms with Crippen molar-refractivity contribution in [1.29, 1.82) is 0 Å². The standard InChI is InChI=1S/C25H42/c1-4-6-8-10-22-12-14-23(15-13-22)16-17-24-18-19-25(21(3)20-24)11-9-7-5-2/h18-20,22-23H,4-17H2,1-3H3/t22-,23-. The van der Waals surface area contributed by atoms with Crippen LogP contribution in [0.15, 0.2) is 18.2 Å². The highest BCUT2D eigenvalue weighted by atomic mass is 14.3. The van der Waals surface area contributed by atoms with Crippen LogP contribution in [0.2, 0.25) is 0 Å². The molecule has 0 heteroatoms. The smallest absolute Gasteiger partial charge is 0.0276 e. The summed E-state index contributed by atoms with van der Waals surface area (Å²) < 4.78 is 0. The zero-order valence-corrected chi connectivity index (χ0v) is 17.3. The predicted octanol–water partition coefficient (Wildman–Crippen LogP) is 8.05. The Hall–Kier alpha value is -0.780. The number of unbranched alkanes of at least 4 members (excludes halogenated alkanes) is 4. The lowest BCUT2D eigenvalue weighted by Gasteiger charge is -2.28. The van der Waals surface area contributed by atoms with Crippen molar-refractivity contribution in [3.05, 3.63) is 34.9 Å². The molecule has 0 unspecified atom stereocenters. The molecule has 0 radical (unpaired) electrons. The Kier molecular flexibility index (Phi) is 9.66. The summed E-state index contributed by atoms with van der Waals surface area (Å²) in [4.78, 5) is 0. The van der Waals surface area contributed by atoms with Gasteiger partial charge < -0.3 is 0 Å². The molecule has 0 saturated heterocycles. The number of hydrogen-bond acceptors (Lipinski definition) is 0. The van der Waals surface area contributed by atoms with Crippen LogP contribution >= 0.6 is 0 Å². The average Bonchev–Trinajstić information content (AvgIpc) is 2.63. The van der Waals surface area contributed by atoms with E-state index >= 15 is 0 Å². The van der Waals surface area contributed by atoms with E-state index in [-0.39, 0.29) is 0 Å². The minimum atomic E-state index is 0.993. The van der Waals surface area contributed by atoms with Crippen molar-refractivity contribution in [3.63, 3.8) is 0 Å². The molecule has 0 aliphatic heterocycles. The molecule has 1 aromatic rings. The molecule has 1 fully saturated rings. The molecule has 25 heavy (non-hydrogen) atoms. The van der Waals surface area contributed by atoms with Gasteiger partial charge in [0.25, 0.3) is 0 Å². The van der Waals surface area contributed by atoms with Crippen LogP contribution in [0.1, 0.15) is 108 Å². The third-order valence-electron chi connectivity index (χ3n) is 6.48. The van der Waals surface area contributed by atoms with Crippen molar-refractivity contribution in [2.75, 3.05) is 0 Å². The molecule has 0 atom stereocenters. The number of aryl methyl sites for hydroxylation is 3. The first-order valence-corrected chi connectivity index (χ1v) is 11.3. The van der Waals surface area contributed by atoms with Crippen LogP contribution in [0.25, 0.3) is 0 Å². The molecule has 142 valence electrons. The molecule has 1 aliphatic rings. The molecule has 1 saturated carbocycles. The van der Waals surface area contributed by atoms with E-state index in [4.69, 9.17) is 0 Å². The first-order chi connectivity index (χ1) is 12.2. The monoisotopic (exact) mass is 342 g/mol. The molecule has 0 amide bonds. The maximum Gasteiger partial charge on any atom is -0.0276 e. The molecule has 0 nitrogen and oxygen atoms in total. The third-order valence-corrected chi connectivity index (χ3v) is 6.48. The van der Waals surface area contributed by atoms with Gasteiger partial charge in [0.2, 0.25) is 0 Å². The van der Waals surface area contributed by atoms with Crippen LogP contribution in [0, 0.1) is 18.8 Å². The van der Waals surface area contributed by atoms with E-state index in [1.54, 1.807) is 11.1 Å². The van der Waals surface area contributed by atoms with E-state index in [2.05, 4.69) is 39.0 Å². The molecule has 1 aliphatic carbocycles. The van der Waals surface area contributed by atoms with E-state index in [1.165, 1.54) is 95.5 Å². The zero-order chi connectivity index (χ0) is 17.9. The summed E-state index contributed by atoms with van der Waals surface area (Å²) in [6.45, 7) is 6.91. The summed E-state index contributed by atoms with van der Waals surface area (Å²) in [5.41, 5.74) is 4.67. The van der Waals surface area contributed by atoms with Crippen LogP contribution in [-0.2, 0) is 12.8 Å². The Balaban J connectivity index is 1.68. The third kappa shape index (κ3) is 7.55. The van der Waals surface area contributed by atoms with E-state index in [0.717, 1.165) is 11.8 Å². The van der Waals surface area contributed by atoms with Crippen molar-refractivity contribution in [3.8, 4) is 0 Å². The molecular formula is C25H42. The van der Waals surface area contributed by atoms with E-state index in [0.29, 0.717) is 0 Å². The maximum atomic E-state index is 2.47. The topological polar surface area (TPSA) is 0 Å². The van der Waals surface area contributed by atoms with E-state index in [1.807, 2.05) is 0 Å². The molecular weight excluding hydrogens is 300 g/mol. The molecule has 0 N–H and O–H groups in total. The van der Waals surface area contributed by atoms with Gasteiger partial charge in [-0.2, -0.15) is 0 Å². The van der Waals surface area contributed by atoms with E-state index < -0.39 is 0 Å². The van der Waals surface area contributed by atoms with Crippen LogP contribution in [-0.4, -0.2) is 0 Å². The van der Waals surface area contributed by atoms with Gasteiger partial charge in [-0.15, -0.1) is 0 Å². The Morgan fingerprint density at radius 2 is 1.40 bits per heavy atom. The first kappa shape index (κ1) is 20.5. The molecule has 0 aromatic heterocycles. The first-order valence-electron chi connectivity index (χ1n) is 11.3. The Bertz CT molecular complexity index is 465. The minimum Gasteiger partial charge on any atom is -0.0654 e. The Morgan fingerprint density at radius 3 is 2.04 bits per heavy atom. The number of hydrogen-bond donors (Lipinski definition) is 0. The zero-order valence-electron chi connectivity index (χ0n) is 17.3. The molecule has 0 heterocycles. The second-order valence-corrected chi connectivity index (χ2v) is 8.64. The van der Waals surface area contributed by atoms with Gasteiger partial charge in [-0.3, -0.25) is 0 Å². The van der Waals surface area contributed by atoms with Gasteiger partial charge in [0, 0.05) is 0 Å². The van der Waals surface area contributed by atoms with Gasteiger partial charge in [-0.1, -0.05) is 96.3 Å². The van der Waals surface area contributed by atoms with Gasteiger partial charge in [-0.25, -0.2) is 0 Å². The van der Waals surface area contributed by atoms with Crippen molar-refractivity contribution in [2.24, 2.45) is 11.8 Å². The lowest BCUT2D eigenvalue weighted by Crippen LogP contribution is -2.15. The number of benzene rings is 1. The Morgan fingerprint density at radius 1 is 0.760 bits per heavy atom. The van der Waals surface area contributed by atoms with Crippen molar-refractivity contribution >= 4 is 0 Å². The lowest BCUT2D eigenvalue weighted by atomic mass is 9.77. The molecule has 1 aromatic carbocycles. The predicted molar refractivity (Wildman–Crippen MR) is 112 cm³/mol. The normalized spacial score (nSPS) is 20.8. The molecule has 0 spiro atoms. The van der Waals surface area contributed by atoms with Crippen LogP contribution < -0.4 is 0 Å². The highest BCUT2D eigenvalue weighted by Gasteiger charge is 2.20. The second kappa shape index (κ2) is 11.8. The summed E-state index contributed by atoms with van der Waals surface area (Å²) in [7, 11) is 0. The van der Waals surface area contributed by atoms with Crippen LogP contribution in [0.5, 0.6) is 0 Å². The molecule has 0 bridgehead atoms. The molecule has 2 rings (SSSR count). The summed E-state index contributed by atoms with van der Waals surface area (Å²) in [5, 5.41) is 0. The largest absolute Gasteiger partial charge is 0.0654 e. The van der Waals surface area contributed by atoms with Crippen molar-refractivity contribution in [1.82, 2.24) is 0 Å². The summed E-state index contributed by atoms with van der Waals surface area (Å²) in [6, 6.07) is 7.28. The minimum absolute atomic E-state index is 0.993. The van der Waals surface area contributed by atoms with Gasteiger partial charge in [0.15, 0.2) is 0 Å². The fourth-order valence-electron chi connectivity index (χ4n) is 4.62. The van der Waals surface area contributed by atoms with Gasteiger partial charge >= 0.3 is 0 Å². The highest BCUT2D eigenvalue weighted by Crippen LogP contribution is 2.34. The quantitative estimate of drug-likeness (QED) is 0.357. The summed E-state index contributed by atoms with van der Waals surface area (Å²) in [6.07, 6.45) is 19.8. The van der Waals surface area contributed by atoms with Crippen molar-refractivity contribution < 1.29 is 0 Å². The second-order valence-electron chi connectivity index (χ2n) is 8.64. The summed E-state index contributed by atoms with van der Waals surface area (Å²) in [5.74, 6) is 2.04. The van der Waals surface area contributed by atoms with Crippen LogP contribution in [0.4, 0.5) is 0 Å². The maximum absolute atomic E-state index is 2.47. The van der Waals surface area contributed by atoms with Gasteiger partial charge in [0.05, 0.1) is 0 Å². The fourth-order valence-corrected chi connectivity index (χ4v) is 4.62. The fraction of sp³-hybridized carbons (Fsp3) is 0.760.